The number of nitrogens with zero attached hydrogens (tertiary/aromatic N) is 2. The molecule has 1 aromatic heterocycles. The number of methoxy groups -OCH3 is 2. The van der Waals surface area contributed by atoms with Crippen LogP contribution in [0.4, 0.5) is 0 Å². The normalized spacial score (nSPS) is 12.2. The van der Waals surface area contributed by atoms with E-state index in [2.05, 4.69) is 9.97 Å². The summed E-state index contributed by atoms with van der Waals surface area (Å²) in [5.41, 5.74) is 8.83. The van der Waals surface area contributed by atoms with Gasteiger partial charge in [0.05, 0.1) is 30.3 Å². The van der Waals surface area contributed by atoms with Crippen LogP contribution in [-0.2, 0) is 16.4 Å². The lowest BCUT2D eigenvalue weighted by Gasteiger charge is -2.13. The Labute approximate surface area is 162 Å². The van der Waals surface area contributed by atoms with E-state index in [4.69, 9.17) is 20.3 Å². The first-order chi connectivity index (χ1) is 13.4. The molecular weight excluding hydrogens is 380 g/mol. The minimum Gasteiger partial charge on any atom is -0.493 e. The zero-order chi connectivity index (χ0) is 20.3. The molecule has 0 amide bonds. The Bertz CT molecular complexity index is 1140. The first kappa shape index (κ1) is 19.6. The number of nitrogens with two attached hydrogens (primary N) is 2. The molecular formula is C19H20N4O4S. The molecule has 4 N–H and O–H groups in total. The largest absolute Gasteiger partial charge is 0.493 e. The number of aromatic nitrogens is 2. The van der Waals surface area contributed by atoms with Crippen molar-refractivity contribution >= 4 is 26.5 Å². The summed E-state index contributed by atoms with van der Waals surface area (Å²) in [4.78, 5) is 8.74. The van der Waals surface area contributed by atoms with Gasteiger partial charge in [-0.3, -0.25) is 0 Å². The zero-order valence-corrected chi connectivity index (χ0v) is 16.2. The highest BCUT2D eigenvalue weighted by atomic mass is 32.2. The quantitative estimate of drug-likeness (QED) is 0.645. The molecule has 9 heteroatoms. The van der Waals surface area contributed by atoms with E-state index < -0.39 is 10.0 Å². The molecule has 0 aliphatic rings. The molecule has 3 aromatic rings. The van der Waals surface area contributed by atoms with Crippen LogP contribution in [0.15, 0.2) is 53.8 Å². The average Bonchev–Trinajstić information content (AvgIpc) is 2.70. The Balaban J connectivity index is 2.02. The summed E-state index contributed by atoms with van der Waals surface area (Å²) in [5, 5.41) is 5.90. The van der Waals surface area contributed by atoms with E-state index in [0.717, 1.165) is 16.5 Å². The third-order valence-electron chi connectivity index (χ3n) is 4.29. The highest BCUT2D eigenvalue weighted by Gasteiger charge is 2.14. The number of ether oxygens (including phenoxy) is 2. The van der Waals surface area contributed by atoms with Crippen LogP contribution in [0.2, 0.25) is 0 Å². The van der Waals surface area contributed by atoms with Gasteiger partial charge in [0.25, 0.3) is 0 Å². The molecule has 146 valence electrons. The topological polar surface area (TPSA) is 130 Å². The van der Waals surface area contributed by atoms with E-state index in [1.54, 1.807) is 38.5 Å². The Hall–Kier alpha value is -3.17. The van der Waals surface area contributed by atoms with Crippen molar-refractivity contribution in [1.29, 1.82) is 0 Å². The average molecular weight is 400 g/mol. The minimum atomic E-state index is -3.73. The second-order valence-electron chi connectivity index (χ2n) is 6.00. The van der Waals surface area contributed by atoms with Crippen LogP contribution in [0, 0.1) is 0 Å². The first-order valence-electron chi connectivity index (χ1n) is 8.27. The fourth-order valence-corrected chi connectivity index (χ4v) is 3.39. The number of allylic oxidation sites excluding steroid dienone is 1. The van der Waals surface area contributed by atoms with Crippen LogP contribution in [0.25, 0.3) is 16.5 Å². The van der Waals surface area contributed by atoms with Gasteiger partial charge in [0.2, 0.25) is 10.0 Å². The predicted molar refractivity (Wildman–Crippen MR) is 106 cm³/mol. The molecule has 0 saturated carbocycles. The van der Waals surface area contributed by atoms with Crippen molar-refractivity contribution in [2.75, 3.05) is 14.2 Å². The highest BCUT2D eigenvalue weighted by Crippen LogP contribution is 2.34. The standard InChI is InChI=1S/C19H20N4O4S/c1-26-17-8-15-16(9-18(17)27-2)22-11-23-19(15)13(10-20)7-12-3-5-14(6-4-12)28(21,24)25/h3-6,8-11H,7,20H2,1-2H3,(H2,21,24,25)/b13-10-. The predicted octanol–water partition coefficient (Wildman–Crippen LogP) is 1.84. The summed E-state index contributed by atoms with van der Waals surface area (Å²) in [5.74, 6) is 1.12. The molecule has 0 bridgehead atoms. The van der Waals surface area contributed by atoms with Gasteiger partial charge in [-0.2, -0.15) is 0 Å². The SMILES string of the molecule is COc1cc2ncnc(/C(=C\N)Cc3ccc(S(N)(=O)=O)cc3)c2cc1OC. The molecule has 8 nitrogen and oxygen atoms in total. The molecule has 3 rings (SSSR count). The highest BCUT2D eigenvalue weighted by molar-refractivity contribution is 7.89. The summed E-state index contributed by atoms with van der Waals surface area (Å²) in [7, 11) is -0.621. The number of fused-ring (bicyclic) bond motifs is 1. The molecule has 0 aliphatic carbocycles. The lowest BCUT2D eigenvalue weighted by atomic mass is 10.00. The van der Waals surface area contributed by atoms with Crippen molar-refractivity contribution in [1.82, 2.24) is 9.97 Å². The molecule has 0 fully saturated rings. The van der Waals surface area contributed by atoms with Crippen molar-refractivity contribution < 1.29 is 17.9 Å². The number of primary sulfonamides is 1. The van der Waals surface area contributed by atoms with Crippen molar-refractivity contribution in [2.45, 2.75) is 11.3 Å². The van der Waals surface area contributed by atoms with Crippen LogP contribution < -0.4 is 20.3 Å². The van der Waals surface area contributed by atoms with Gasteiger partial charge in [0.1, 0.15) is 6.33 Å². The number of rotatable bonds is 6. The minimum absolute atomic E-state index is 0.0545. The zero-order valence-electron chi connectivity index (χ0n) is 15.4. The van der Waals surface area contributed by atoms with Crippen molar-refractivity contribution in [2.24, 2.45) is 10.9 Å². The Morgan fingerprint density at radius 3 is 2.29 bits per heavy atom. The maximum Gasteiger partial charge on any atom is 0.238 e. The van der Waals surface area contributed by atoms with Crippen molar-refractivity contribution in [3.8, 4) is 11.5 Å². The second-order valence-corrected chi connectivity index (χ2v) is 7.57. The molecule has 0 aliphatic heterocycles. The first-order valence-corrected chi connectivity index (χ1v) is 9.81. The molecule has 28 heavy (non-hydrogen) atoms. The van der Waals surface area contributed by atoms with E-state index >= 15 is 0 Å². The lowest BCUT2D eigenvalue weighted by molar-refractivity contribution is 0.356. The van der Waals surface area contributed by atoms with Crippen LogP contribution >= 0.6 is 0 Å². The van der Waals surface area contributed by atoms with E-state index in [-0.39, 0.29) is 4.90 Å². The van der Waals surface area contributed by atoms with Gasteiger partial charge in [-0.1, -0.05) is 12.1 Å². The molecule has 2 aromatic carbocycles. The van der Waals surface area contributed by atoms with Gasteiger partial charge in [-0.15, -0.1) is 0 Å². The molecule has 0 spiro atoms. The fraction of sp³-hybridized carbons (Fsp3) is 0.158. The van der Waals surface area contributed by atoms with E-state index in [1.807, 2.05) is 0 Å². The Kier molecular flexibility index (Phi) is 5.48. The molecule has 0 radical (unpaired) electrons. The van der Waals surface area contributed by atoms with E-state index in [1.165, 1.54) is 24.7 Å². The Morgan fingerprint density at radius 1 is 1.07 bits per heavy atom. The summed E-state index contributed by atoms with van der Waals surface area (Å²) in [6.45, 7) is 0. The Morgan fingerprint density at radius 2 is 1.71 bits per heavy atom. The fourth-order valence-electron chi connectivity index (χ4n) is 2.88. The molecule has 0 unspecified atom stereocenters. The summed E-state index contributed by atoms with van der Waals surface area (Å²) < 4.78 is 33.5. The maximum atomic E-state index is 11.4. The third-order valence-corrected chi connectivity index (χ3v) is 5.22. The monoisotopic (exact) mass is 400 g/mol. The second kappa shape index (κ2) is 7.83. The lowest BCUT2D eigenvalue weighted by Crippen LogP contribution is -2.11. The van der Waals surface area contributed by atoms with Gasteiger partial charge in [-0.25, -0.2) is 23.5 Å². The van der Waals surface area contributed by atoms with Crippen LogP contribution in [0.5, 0.6) is 11.5 Å². The number of sulfonamides is 1. The number of benzene rings is 2. The van der Waals surface area contributed by atoms with Gasteiger partial charge in [-0.05, 0) is 35.5 Å². The summed E-state index contributed by atoms with van der Waals surface area (Å²) >= 11 is 0. The summed E-state index contributed by atoms with van der Waals surface area (Å²) in [6.07, 6.45) is 3.38. The van der Waals surface area contributed by atoms with Crippen molar-refractivity contribution in [3.05, 3.63) is 60.2 Å². The molecule has 0 saturated heterocycles. The van der Waals surface area contributed by atoms with Gasteiger partial charge in [0.15, 0.2) is 11.5 Å². The van der Waals surface area contributed by atoms with Gasteiger partial charge in [0, 0.05) is 17.9 Å². The summed E-state index contributed by atoms with van der Waals surface area (Å²) in [6, 6.07) is 9.88. The van der Waals surface area contributed by atoms with Gasteiger partial charge < -0.3 is 15.2 Å². The van der Waals surface area contributed by atoms with E-state index in [0.29, 0.717) is 29.1 Å². The van der Waals surface area contributed by atoms with Crippen LogP contribution in [-0.4, -0.2) is 32.6 Å². The van der Waals surface area contributed by atoms with Gasteiger partial charge >= 0.3 is 0 Å². The maximum absolute atomic E-state index is 11.4. The number of hydrogen-bond acceptors (Lipinski definition) is 7. The van der Waals surface area contributed by atoms with Crippen LogP contribution in [0.3, 0.4) is 0 Å². The number of hydrogen-bond donors (Lipinski definition) is 2. The third kappa shape index (κ3) is 3.90. The van der Waals surface area contributed by atoms with E-state index in [9.17, 15) is 8.42 Å². The smallest absolute Gasteiger partial charge is 0.238 e. The van der Waals surface area contributed by atoms with Crippen LogP contribution in [0.1, 0.15) is 11.3 Å². The van der Waals surface area contributed by atoms with Crippen molar-refractivity contribution in [3.63, 3.8) is 0 Å². The molecule has 1 heterocycles. The molecule has 0 atom stereocenters.